The molecule has 1 N–H and O–H groups in total. The second kappa shape index (κ2) is 4.47. The van der Waals surface area contributed by atoms with E-state index in [-0.39, 0.29) is 5.78 Å². The molecule has 1 saturated carbocycles. The van der Waals surface area contributed by atoms with Gasteiger partial charge in [-0.25, -0.2) is 4.79 Å². The molecule has 1 unspecified atom stereocenters. The van der Waals surface area contributed by atoms with Gasteiger partial charge in [-0.2, -0.15) is 0 Å². The molecule has 0 radical (unpaired) electrons. The molecule has 1 amide bonds. The monoisotopic (exact) mass is 211 g/mol. The number of Topliss-reactive ketones (excluding diaryl/α,β-unsaturated/α-hetero) is 1. The van der Waals surface area contributed by atoms with E-state index in [4.69, 9.17) is 5.11 Å². The smallest absolute Gasteiger partial charge is 0.407 e. The Balaban J connectivity index is 2.99. The molecule has 4 heteroatoms. The zero-order chi connectivity index (χ0) is 11.5. The van der Waals surface area contributed by atoms with Crippen molar-refractivity contribution in [3.8, 4) is 0 Å². The molecule has 0 heterocycles. The molecule has 1 atom stereocenters. The van der Waals surface area contributed by atoms with Crippen molar-refractivity contribution in [2.45, 2.75) is 37.6 Å². The van der Waals surface area contributed by atoms with Crippen LogP contribution in [0.25, 0.3) is 0 Å². The lowest BCUT2D eigenvalue weighted by Gasteiger charge is -2.41. The number of hydrogen-bond donors (Lipinski definition) is 1. The normalized spacial score (nSPS) is 26.1. The lowest BCUT2D eigenvalue weighted by Crippen LogP contribution is -2.56. The highest BCUT2D eigenvalue weighted by atomic mass is 16.4. The molecule has 15 heavy (non-hydrogen) atoms. The van der Waals surface area contributed by atoms with E-state index in [0.29, 0.717) is 19.3 Å². The molecule has 1 fully saturated rings. The van der Waals surface area contributed by atoms with Crippen molar-refractivity contribution >= 4 is 11.9 Å². The standard InChI is InChI=1S/C11H17NO3/c1-3-7-11(12(2)10(14)15)8-5-4-6-9(11)13/h3H,1,4-8H2,2H3,(H,14,15). The maximum Gasteiger partial charge on any atom is 0.407 e. The number of likely N-dealkylation sites (N-methyl/N-ethyl adjacent to an activating group) is 1. The lowest BCUT2D eigenvalue weighted by molar-refractivity contribution is -0.132. The first kappa shape index (κ1) is 11.8. The summed E-state index contributed by atoms with van der Waals surface area (Å²) in [4.78, 5) is 24.0. The Morgan fingerprint density at radius 2 is 2.33 bits per heavy atom. The molecule has 1 aliphatic carbocycles. The Labute approximate surface area is 89.6 Å². The number of amides is 1. The number of carboxylic acid groups (broad SMARTS) is 1. The quantitative estimate of drug-likeness (QED) is 0.727. The predicted octanol–water partition coefficient (Wildman–Crippen LogP) is 2.05. The van der Waals surface area contributed by atoms with Crippen molar-refractivity contribution in [3.05, 3.63) is 12.7 Å². The van der Waals surface area contributed by atoms with Gasteiger partial charge in [0.05, 0.1) is 0 Å². The first-order chi connectivity index (χ1) is 7.04. The minimum absolute atomic E-state index is 0.0264. The van der Waals surface area contributed by atoms with Crippen LogP contribution in [0, 0.1) is 0 Å². The average molecular weight is 211 g/mol. The van der Waals surface area contributed by atoms with E-state index < -0.39 is 11.6 Å². The molecule has 0 aromatic rings. The van der Waals surface area contributed by atoms with E-state index in [1.807, 2.05) is 0 Å². The third kappa shape index (κ3) is 2.03. The second-order valence-electron chi connectivity index (χ2n) is 4.00. The number of hydrogen-bond acceptors (Lipinski definition) is 2. The van der Waals surface area contributed by atoms with Crippen LogP contribution < -0.4 is 0 Å². The summed E-state index contributed by atoms with van der Waals surface area (Å²) >= 11 is 0. The highest BCUT2D eigenvalue weighted by molar-refractivity contribution is 5.92. The fourth-order valence-electron chi connectivity index (χ4n) is 2.20. The van der Waals surface area contributed by atoms with Gasteiger partial charge in [0, 0.05) is 13.5 Å². The van der Waals surface area contributed by atoms with Crippen LogP contribution in [0.4, 0.5) is 4.79 Å². The fraction of sp³-hybridized carbons (Fsp3) is 0.636. The van der Waals surface area contributed by atoms with Crippen molar-refractivity contribution in [1.82, 2.24) is 4.90 Å². The first-order valence-corrected chi connectivity index (χ1v) is 5.15. The molecule has 84 valence electrons. The van der Waals surface area contributed by atoms with E-state index in [0.717, 1.165) is 17.7 Å². The highest BCUT2D eigenvalue weighted by Gasteiger charge is 2.44. The Bertz CT molecular complexity index is 288. The van der Waals surface area contributed by atoms with Crippen LogP contribution in [0.5, 0.6) is 0 Å². The predicted molar refractivity (Wildman–Crippen MR) is 56.8 cm³/mol. The van der Waals surface area contributed by atoms with E-state index in [2.05, 4.69) is 6.58 Å². The SMILES string of the molecule is C=CCC1(N(C)C(=O)O)CCCCC1=O. The van der Waals surface area contributed by atoms with Gasteiger partial charge in [-0.1, -0.05) is 12.5 Å². The van der Waals surface area contributed by atoms with Gasteiger partial charge in [-0.05, 0) is 19.3 Å². The van der Waals surface area contributed by atoms with Gasteiger partial charge in [0.1, 0.15) is 5.54 Å². The number of carbonyl (C=O) groups is 2. The molecule has 1 aliphatic rings. The van der Waals surface area contributed by atoms with Crippen LogP contribution in [-0.4, -0.2) is 34.5 Å². The van der Waals surface area contributed by atoms with Gasteiger partial charge in [0.15, 0.2) is 5.78 Å². The molecule has 0 bridgehead atoms. The van der Waals surface area contributed by atoms with Crippen LogP contribution in [0.2, 0.25) is 0 Å². The summed E-state index contributed by atoms with van der Waals surface area (Å²) in [6.45, 7) is 3.60. The van der Waals surface area contributed by atoms with Crippen LogP contribution in [0.15, 0.2) is 12.7 Å². The Morgan fingerprint density at radius 3 is 2.80 bits per heavy atom. The molecule has 4 nitrogen and oxygen atoms in total. The van der Waals surface area contributed by atoms with Gasteiger partial charge in [-0.3, -0.25) is 9.69 Å². The first-order valence-electron chi connectivity index (χ1n) is 5.15. The Hall–Kier alpha value is -1.32. The van der Waals surface area contributed by atoms with Crippen LogP contribution in [-0.2, 0) is 4.79 Å². The van der Waals surface area contributed by atoms with Crippen molar-refractivity contribution < 1.29 is 14.7 Å². The highest BCUT2D eigenvalue weighted by Crippen LogP contribution is 2.33. The maximum absolute atomic E-state index is 11.9. The largest absolute Gasteiger partial charge is 0.465 e. The van der Waals surface area contributed by atoms with Gasteiger partial charge in [0.25, 0.3) is 0 Å². The molecular formula is C11H17NO3. The molecule has 0 aromatic carbocycles. The van der Waals surface area contributed by atoms with Gasteiger partial charge >= 0.3 is 6.09 Å². The van der Waals surface area contributed by atoms with Crippen molar-refractivity contribution in [2.75, 3.05) is 7.05 Å². The summed E-state index contributed by atoms with van der Waals surface area (Å²) in [6.07, 6.45) is 3.85. The molecule has 1 rings (SSSR count). The van der Waals surface area contributed by atoms with Crippen LogP contribution >= 0.6 is 0 Å². The maximum atomic E-state index is 11.9. The van der Waals surface area contributed by atoms with Gasteiger partial charge in [0.2, 0.25) is 0 Å². The topological polar surface area (TPSA) is 57.6 Å². The van der Waals surface area contributed by atoms with E-state index in [9.17, 15) is 9.59 Å². The van der Waals surface area contributed by atoms with Crippen molar-refractivity contribution in [2.24, 2.45) is 0 Å². The summed E-state index contributed by atoms with van der Waals surface area (Å²) in [6, 6.07) is 0. The Morgan fingerprint density at radius 1 is 1.67 bits per heavy atom. The zero-order valence-electron chi connectivity index (χ0n) is 9.03. The zero-order valence-corrected chi connectivity index (χ0v) is 9.03. The van der Waals surface area contributed by atoms with Crippen molar-refractivity contribution in [3.63, 3.8) is 0 Å². The third-order valence-corrected chi connectivity index (χ3v) is 3.17. The summed E-state index contributed by atoms with van der Waals surface area (Å²) < 4.78 is 0. The van der Waals surface area contributed by atoms with E-state index >= 15 is 0 Å². The average Bonchev–Trinajstić information content (AvgIpc) is 2.20. The molecule has 0 saturated heterocycles. The lowest BCUT2D eigenvalue weighted by atomic mass is 9.77. The summed E-state index contributed by atoms with van der Waals surface area (Å²) in [7, 11) is 1.47. The van der Waals surface area contributed by atoms with Crippen LogP contribution in [0.3, 0.4) is 0 Å². The number of rotatable bonds is 3. The Kier molecular flexibility index (Phi) is 3.50. The number of carbonyl (C=O) groups excluding carboxylic acids is 1. The fourth-order valence-corrected chi connectivity index (χ4v) is 2.20. The third-order valence-electron chi connectivity index (χ3n) is 3.17. The molecule has 0 spiro atoms. The molecule has 0 aromatic heterocycles. The molecular weight excluding hydrogens is 194 g/mol. The van der Waals surface area contributed by atoms with E-state index in [1.165, 1.54) is 7.05 Å². The van der Waals surface area contributed by atoms with Gasteiger partial charge in [-0.15, -0.1) is 6.58 Å². The van der Waals surface area contributed by atoms with Crippen molar-refractivity contribution in [1.29, 1.82) is 0 Å². The number of nitrogens with zero attached hydrogens (tertiary/aromatic N) is 1. The summed E-state index contributed by atoms with van der Waals surface area (Å²) in [5.74, 6) is 0.0264. The molecule has 0 aliphatic heterocycles. The van der Waals surface area contributed by atoms with Gasteiger partial charge < -0.3 is 5.11 Å². The minimum Gasteiger partial charge on any atom is -0.465 e. The second-order valence-corrected chi connectivity index (χ2v) is 4.00. The minimum atomic E-state index is -1.05. The van der Waals surface area contributed by atoms with E-state index in [1.54, 1.807) is 6.08 Å². The van der Waals surface area contributed by atoms with Crippen LogP contribution in [0.1, 0.15) is 32.1 Å². The summed E-state index contributed by atoms with van der Waals surface area (Å²) in [5, 5.41) is 8.98. The number of ketones is 1. The summed E-state index contributed by atoms with van der Waals surface area (Å²) in [5.41, 5.74) is -0.855.